The Kier molecular flexibility index (Phi) is 3.63. The summed E-state index contributed by atoms with van der Waals surface area (Å²) in [4.78, 5) is 10.5. The fraction of sp³-hybridized carbons (Fsp3) is 0.267. The van der Waals surface area contributed by atoms with E-state index in [0.717, 1.165) is 11.1 Å². The second kappa shape index (κ2) is 5.19. The van der Waals surface area contributed by atoms with Gasteiger partial charge in [-0.05, 0) is 24.5 Å². The van der Waals surface area contributed by atoms with E-state index in [-0.39, 0.29) is 6.61 Å². The molecule has 1 aliphatic carbocycles. The maximum absolute atomic E-state index is 10.5. The minimum absolute atomic E-state index is 0.269. The number of aliphatic carboxylic acids is 1. The summed E-state index contributed by atoms with van der Waals surface area (Å²) in [5.41, 5.74) is 1.79. The summed E-state index contributed by atoms with van der Waals surface area (Å²) >= 11 is 0. The molecule has 3 nitrogen and oxygen atoms in total. The molecule has 1 atom stereocenters. The highest BCUT2D eigenvalue weighted by atomic mass is 16.5. The molecule has 1 aromatic rings. The Balaban J connectivity index is 2.05. The van der Waals surface area contributed by atoms with Crippen LogP contribution in [0.5, 0.6) is 0 Å². The Morgan fingerprint density at radius 1 is 1.39 bits per heavy atom. The maximum Gasteiger partial charge on any atom is 0.329 e. The molecule has 0 spiro atoms. The quantitative estimate of drug-likeness (QED) is 0.885. The van der Waals surface area contributed by atoms with Gasteiger partial charge in [-0.15, -0.1) is 0 Å². The number of carboxylic acids is 1. The predicted octanol–water partition coefficient (Wildman–Crippen LogP) is 2.89. The monoisotopic (exact) mass is 244 g/mol. The first kappa shape index (κ1) is 12.6. The average Bonchev–Trinajstić information content (AvgIpc) is 2.39. The number of rotatable bonds is 4. The van der Waals surface area contributed by atoms with Crippen molar-refractivity contribution in [3.05, 3.63) is 54.1 Å². The van der Waals surface area contributed by atoms with Crippen molar-refractivity contribution in [2.75, 3.05) is 6.61 Å². The van der Waals surface area contributed by atoms with Crippen LogP contribution in [0.15, 0.2) is 48.6 Å². The van der Waals surface area contributed by atoms with Gasteiger partial charge in [0, 0.05) is 0 Å². The van der Waals surface area contributed by atoms with Gasteiger partial charge in [-0.1, -0.05) is 48.6 Å². The third-order valence-corrected chi connectivity index (χ3v) is 2.98. The average molecular weight is 244 g/mol. The van der Waals surface area contributed by atoms with Gasteiger partial charge in [0.15, 0.2) is 0 Å². The SMILES string of the molecule is CC1(OCC(=O)O)C=CC(c2ccccc2)=CC1. The van der Waals surface area contributed by atoms with E-state index in [1.165, 1.54) is 0 Å². The van der Waals surface area contributed by atoms with Gasteiger partial charge in [-0.2, -0.15) is 0 Å². The van der Waals surface area contributed by atoms with Gasteiger partial charge in [0.25, 0.3) is 0 Å². The van der Waals surface area contributed by atoms with Crippen molar-refractivity contribution in [1.29, 1.82) is 0 Å². The molecule has 94 valence electrons. The van der Waals surface area contributed by atoms with Crippen molar-refractivity contribution in [2.24, 2.45) is 0 Å². The van der Waals surface area contributed by atoms with E-state index >= 15 is 0 Å². The summed E-state index contributed by atoms with van der Waals surface area (Å²) in [5.74, 6) is -0.942. The molecule has 2 rings (SSSR count). The van der Waals surface area contributed by atoms with Gasteiger partial charge in [0.05, 0.1) is 5.60 Å². The van der Waals surface area contributed by atoms with Crippen LogP contribution in [0.4, 0.5) is 0 Å². The van der Waals surface area contributed by atoms with Gasteiger partial charge in [0.2, 0.25) is 0 Å². The zero-order valence-corrected chi connectivity index (χ0v) is 10.3. The fourth-order valence-corrected chi connectivity index (χ4v) is 1.89. The van der Waals surface area contributed by atoms with Crippen LogP contribution in [0, 0.1) is 0 Å². The molecule has 1 aromatic carbocycles. The lowest BCUT2D eigenvalue weighted by molar-refractivity contribution is -0.146. The first-order chi connectivity index (χ1) is 8.59. The molecule has 0 bridgehead atoms. The molecule has 0 aromatic heterocycles. The van der Waals surface area contributed by atoms with Crippen LogP contribution in [-0.4, -0.2) is 23.3 Å². The fourth-order valence-electron chi connectivity index (χ4n) is 1.89. The van der Waals surface area contributed by atoms with E-state index in [1.807, 2.05) is 37.3 Å². The minimum Gasteiger partial charge on any atom is -0.480 e. The number of hydrogen-bond donors (Lipinski definition) is 1. The molecule has 0 amide bonds. The van der Waals surface area contributed by atoms with Gasteiger partial charge in [0.1, 0.15) is 6.61 Å². The molecule has 0 saturated heterocycles. The van der Waals surface area contributed by atoms with Crippen LogP contribution in [0.25, 0.3) is 5.57 Å². The van der Waals surface area contributed by atoms with Crippen LogP contribution in [-0.2, 0) is 9.53 Å². The highest BCUT2D eigenvalue weighted by molar-refractivity contribution is 5.75. The van der Waals surface area contributed by atoms with E-state index in [2.05, 4.69) is 18.2 Å². The minimum atomic E-state index is -0.942. The molecular formula is C15H16O3. The summed E-state index contributed by atoms with van der Waals surface area (Å²) in [6.07, 6.45) is 6.68. The molecule has 0 fully saturated rings. The van der Waals surface area contributed by atoms with Gasteiger partial charge < -0.3 is 9.84 Å². The van der Waals surface area contributed by atoms with Crippen LogP contribution in [0.3, 0.4) is 0 Å². The van der Waals surface area contributed by atoms with Crippen molar-refractivity contribution in [3.63, 3.8) is 0 Å². The normalized spacial score (nSPS) is 22.6. The molecule has 3 heteroatoms. The first-order valence-corrected chi connectivity index (χ1v) is 5.90. The van der Waals surface area contributed by atoms with Gasteiger partial charge in [-0.25, -0.2) is 4.79 Å². The molecule has 1 aliphatic rings. The third kappa shape index (κ3) is 3.08. The molecule has 1 N–H and O–H groups in total. The topological polar surface area (TPSA) is 46.5 Å². The van der Waals surface area contributed by atoms with Crippen molar-refractivity contribution >= 4 is 11.5 Å². The van der Waals surface area contributed by atoms with Crippen molar-refractivity contribution < 1.29 is 14.6 Å². The number of carboxylic acid groups (broad SMARTS) is 1. The second-order valence-corrected chi connectivity index (χ2v) is 4.56. The molecule has 0 aliphatic heterocycles. The van der Waals surface area contributed by atoms with E-state index in [9.17, 15) is 4.79 Å². The molecule has 0 heterocycles. The Morgan fingerprint density at radius 2 is 2.11 bits per heavy atom. The standard InChI is InChI=1S/C15H16O3/c1-15(18-11-14(16)17)9-7-13(8-10-15)12-5-3-2-4-6-12/h2-9H,10-11H2,1H3,(H,16,17). The highest BCUT2D eigenvalue weighted by Crippen LogP contribution is 2.28. The van der Waals surface area contributed by atoms with E-state index in [4.69, 9.17) is 9.84 Å². The number of allylic oxidation sites excluding steroid dienone is 2. The van der Waals surface area contributed by atoms with Gasteiger partial charge in [-0.3, -0.25) is 0 Å². The maximum atomic E-state index is 10.5. The summed E-state index contributed by atoms with van der Waals surface area (Å²) in [6.45, 7) is 1.63. The van der Waals surface area contributed by atoms with Crippen LogP contribution in [0.1, 0.15) is 18.9 Å². The number of carbonyl (C=O) groups is 1. The lowest BCUT2D eigenvalue weighted by atomic mass is 9.91. The van der Waals surface area contributed by atoms with Crippen LogP contribution in [0.2, 0.25) is 0 Å². The van der Waals surface area contributed by atoms with Crippen molar-refractivity contribution in [1.82, 2.24) is 0 Å². The first-order valence-electron chi connectivity index (χ1n) is 5.90. The number of hydrogen-bond acceptors (Lipinski definition) is 2. The summed E-state index contributed by atoms with van der Waals surface area (Å²) in [7, 11) is 0. The molecular weight excluding hydrogens is 228 g/mol. The van der Waals surface area contributed by atoms with Gasteiger partial charge >= 0.3 is 5.97 Å². The van der Waals surface area contributed by atoms with Crippen molar-refractivity contribution in [3.8, 4) is 0 Å². The van der Waals surface area contributed by atoms with E-state index < -0.39 is 11.6 Å². The van der Waals surface area contributed by atoms with E-state index in [1.54, 1.807) is 0 Å². The molecule has 18 heavy (non-hydrogen) atoms. The summed E-state index contributed by atoms with van der Waals surface area (Å²) in [6, 6.07) is 10.1. The van der Waals surface area contributed by atoms with Crippen LogP contribution < -0.4 is 0 Å². The third-order valence-electron chi connectivity index (χ3n) is 2.98. The lowest BCUT2D eigenvalue weighted by Gasteiger charge is -2.27. The zero-order valence-electron chi connectivity index (χ0n) is 10.3. The second-order valence-electron chi connectivity index (χ2n) is 4.56. The smallest absolute Gasteiger partial charge is 0.329 e. The van der Waals surface area contributed by atoms with Crippen molar-refractivity contribution in [2.45, 2.75) is 18.9 Å². The summed E-state index contributed by atoms with van der Waals surface area (Å²) < 4.78 is 5.39. The van der Waals surface area contributed by atoms with E-state index in [0.29, 0.717) is 6.42 Å². The largest absolute Gasteiger partial charge is 0.480 e. The number of ether oxygens (including phenoxy) is 1. The number of benzene rings is 1. The predicted molar refractivity (Wildman–Crippen MR) is 70.2 cm³/mol. The Bertz CT molecular complexity index is 488. The Hall–Kier alpha value is -1.87. The molecule has 1 unspecified atom stereocenters. The zero-order chi connectivity index (χ0) is 13.0. The summed E-state index contributed by atoms with van der Waals surface area (Å²) in [5, 5.41) is 8.62. The Morgan fingerprint density at radius 3 is 2.67 bits per heavy atom. The molecule has 0 radical (unpaired) electrons. The highest BCUT2D eigenvalue weighted by Gasteiger charge is 2.24. The van der Waals surface area contributed by atoms with Crippen LogP contribution >= 0.6 is 0 Å². The lowest BCUT2D eigenvalue weighted by Crippen LogP contribution is -2.29. The Labute approximate surface area is 106 Å². The molecule has 0 saturated carbocycles.